The summed E-state index contributed by atoms with van der Waals surface area (Å²) in [5.41, 5.74) is 0.837. The number of rotatable bonds is 3. The Morgan fingerprint density at radius 3 is 2.64 bits per heavy atom. The molecule has 3 atom stereocenters. The maximum atomic E-state index is 13.0. The number of carboxylic acid groups (broad SMARTS) is 1. The number of nitrogens with zero attached hydrogens (tertiary/aromatic N) is 3. The topological polar surface area (TPSA) is 75.4 Å². The standard InChI is InChI=1S/C18H18FN3O3/c19-12-4-6-13(7-5-12)22-9-8-15(20-22)17(23)21-10-11-2-1-3-14(11)16(21)18(24)25/h4-9,11,14,16H,1-3,10H2,(H,24,25). The summed E-state index contributed by atoms with van der Waals surface area (Å²) in [6.07, 6.45) is 4.48. The molecule has 0 radical (unpaired) electrons. The first-order valence-corrected chi connectivity index (χ1v) is 8.40. The van der Waals surface area contributed by atoms with Gasteiger partial charge >= 0.3 is 5.97 Å². The number of amides is 1. The molecule has 2 aromatic rings. The lowest BCUT2D eigenvalue weighted by atomic mass is 9.94. The molecule has 1 aliphatic carbocycles. The fourth-order valence-corrected chi connectivity index (χ4v) is 4.15. The minimum absolute atomic E-state index is 0.0423. The Morgan fingerprint density at radius 1 is 1.16 bits per heavy atom. The molecule has 25 heavy (non-hydrogen) atoms. The van der Waals surface area contributed by atoms with Gasteiger partial charge in [-0.25, -0.2) is 13.9 Å². The van der Waals surface area contributed by atoms with E-state index in [1.165, 1.54) is 21.7 Å². The highest BCUT2D eigenvalue weighted by molar-refractivity contribution is 5.95. The molecule has 1 saturated carbocycles. The van der Waals surface area contributed by atoms with E-state index in [9.17, 15) is 19.1 Å². The third-order valence-electron chi connectivity index (χ3n) is 5.30. The fourth-order valence-electron chi connectivity index (χ4n) is 4.15. The van der Waals surface area contributed by atoms with Crippen LogP contribution in [0.25, 0.3) is 5.69 Å². The molecule has 0 bridgehead atoms. The van der Waals surface area contributed by atoms with Gasteiger partial charge in [0.15, 0.2) is 5.69 Å². The van der Waals surface area contributed by atoms with Crippen LogP contribution in [0, 0.1) is 17.7 Å². The van der Waals surface area contributed by atoms with Gasteiger partial charge in [-0.3, -0.25) is 4.79 Å². The minimum Gasteiger partial charge on any atom is -0.480 e. The number of hydrogen-bond donors (Lipinski definition) is 1. The van der Waals surface area contributed by atoms with Crippen LogP contribution in [-0.2, 0) is 4.79 Å². The lowest BCUT2D eigenvalue weighted by molar-refractivity contribution is -0.142. The van der Waals surface area contributed by atoms with E-state index in [0.717, 1.165) is 19.3 Å². The lowest BCUT2D eigenvalue weighted by Crippen LogP contribution is -2.43. The molecule has 1 saturated heterocycles. The van der Waals surface area contributed by atoms with E-state index >= 15 is 0 Å². The predicted octanol–water partition coefficient (Wildman–Crippen LogP) is 2.34. The minimum atomic E-state index is -0.944. The molecule has 1 aromatic heterocycles. The first kappa shape index (κ1) is 15.8. The van der Waals surface area contributed by atoms with Gasteiger partial charge in [-0.15, -0.1) is 0 Å². The highest BCUT2D eigenvalue weighted by Gasteiger charge is 2.49. The van der Waals surface area contributed by atoms with Crippen LogP contribution in [0.4, 0.5) is 4.39 Å². The molecule has 0 spiro atoms. The summed E-state index contributed by atoms with van der Waals surface area (Å²) in [4.78, 5) is 26.0. The summed E-state index contributed by atoms with van der Waals surface area (Å²) in [6.45, 7) is 0.476. The van der Waals surface area contributed by atoms with Crippen molar-refractivity contribution >= 4 is 11.9 Å². The van der Waals surface area contributed by atoms with Crippen molar-refractivity contribution in [1.82, 2.24) is 14.7 Å². The molecule has 2 fully saturated rings. The van der Waals surface area contributed by atoms with E-state index in [4.69, 9.17) is 0 Å². The van der Waals surface area contributed by atoms with Crippen molar-refractivity contribution in [2.45, 2.75) is 25.3 Å². The third kappa shape index (κ3) is 2.69. The van der Waals surface area contributed by atoms with Gasteiger partial charge in [-0.2, -0.15) is 5.10 Å². The van der Waals surface area contributed by atoms with Gasteiger partial charge < -0.3 is 10.0 Å². The summed E-state index contributed by atoms with van der Waals surface area (Å²) >= 11 is 0. The van der Waals surface area contributed by atoms with E-state index in [-0.39, 0.29) is 29.3 Å². The van der Waals surface area contributed by atoms with Crippen molar-refractivity contribution < 1.29 is 19.1 Å². The van der Waals surface area contributed by atoms with E-state index in [2.05, 4.69) is 5.10 Å². The summed E-state index contributed by atoms with van der Waals surface area (Å²) in [6, 6.07) is 6.57. The normalized spacial score (nSPS) is 25.2. The van der Waals surface area contributed by atoms with Crippen LogP contribution in [-0.4, -0.2) is 44.3 Å². The quantitative estimate of drug-likeness (QED) is 0.928. The fraction of sp³-hybridized carbons (Fsp3) is 0.389. The van der Waals surface area contributed by atoms with Gasteiger partial charge in [0.05, 0.1) is 5.69 Å². The zero-order chi connectivity index (χ0) is 17.6. The Hall–Kier alpha value is -2.70. The summed E-state index contributed by atoms with van der Waals surface area (Å²) in [7, 11) is 0. The van der Waals surface area contributed by atoms with Crippen molar-refractivity contribution in [2.24, 2.45) is 11.8 Å². The third-order valence-corrected chi connectivity index (χ3v) is 5.30. The SMILES string of the molecule is O=C(O)C1C2CCCC2CN1C(=O)c1ccn(-c2ccc(F)cc2)n1. The van der Waals surface area contributed by atoms with E-state index < -0.39 is 12.0 Å². The van der Waals surface area contributed by atoms with Crippen LogP contribution < -0.4 is 0 Å². The van der Waals surface area contributed by atoms with Crippen molar-refractivity contribution in [3.05, 3.63) is 48.0 Å². The monoisotopic (exact) mass is 343 g/mol. The van der Waals surface area contributed by atoms with Gasteiger partial charge in [0.2, 0.25) is 0 Å². The smallest absolute Gasteiger partial charge is 0.326 e. The Balaban J connectivity index is 1.59. The van der Waals surface area contributed by atoms with E-state index in [1.807, 2.05) is 0 Å². The van der Waals surface area contributed by atoms with Gasteiger partial charge in [-0.05, 0) is 55.0 Å². The second-order valence-electron chi connectivity index (χ2n) is 6.72. The summed E-state index contributed by atoms with van der Waals surface area (Å²) in [5, 5.41) is 13.8. The second-order valence-corrected chi connectivity index (χ2v) is 6.72. The van der Waals surface area contributed by atoms with Crippen LogP contribution in [0.5, 0.6) is 0 Å². The Bertz CT molecular complexity index is 817. The molecule has 7 heteroatoms. The van der Waals surface area contributed by atoms with Crippen molar-refractivity contribution in [1.29, 1.82) is 0 Å². The van der Waals surface area contributed by atoms with E-state index in [1.54, 1.807) is 24.4 Å². The van der Waals surface area contributed by atoms with Gasteiger partial charge in [-0.1, -0.05) is 6.42 Å². The molecule has 1 aromatic carbocycles. The highest BCUT2D eigenvalue weighted by atomic mass is 19.1. The highest BCUT2D eigenvalue weighted by Crippen LogP contribution is 2.42. The predicted molar refractivity (Wildman–Crippen MR) is 86.8 cm³/mol. The molecule has 1 amide bonds. The molecule has 130 valence electrons. The van der Waals surface area contributed by atoms with Crippen LogP contribution >= 0.6 is 0 Å². The first-order chi connectivity index (χ1) is 12.0. The number of fused-ring (bicyclic) bond motifs is 1. The number of benzene rings is 1. The number of carbonyl (C=O) groups is 2. The molecule has 2 heterocycles. The summed E-state index contributed by atoms with van der Waals surface area (Å²) < 4.78 is 14.5. The number of hydrogen-bond acceptors (Lipinski definition) is 3. The van der Waals surface area contributed by atoms with Gasteiger partial charge in [0.1, 0.15) is 11.9 Å². The van der Waals surface area contributed by atoms with Crippen LogP contribution in [0.15, 0.2) is 36.5 Å². The number of aliphatic carboxylic acids is 1. The zero-order valence-corrected chi connectivity index (χ0v) is 13.5. The summed E-state index contributed by atoms with van der Waals surface area (Å²) in [5.74, 6) is -1.34. The van der Waals surface area contributed by atoms with Crippen molar-refractivity contribution in [2.75, 3.05) is 6.54 Å². The molecule has 6 nitrogen and oxygen atoms in total. The number of aromatic nitrogens is 2. The maximum Gasteiger partial charge on any atom is 0.326 e. The second kappa shape index (κ2) is 5.98. The van der Waals surface area contributed by atoms with Gasteiger partial charge in [0, 0.05) is 12.7 Å². The molecule has 2 aliphatic rings. The molecule has 1 aliphatic heterocycles. The van der Waals surface area contributed by atoms with Crippen LogP contribution in [0.3, 0.4) is 0 Å². The first-order valence-electron chi connectivity index (χ1n) is 8.40. The number of likely N-dealkylation sites (tertiary alicyclic amines) is 1. The number of halogens is 1. The van der Waals surface area contributed by atoms with Crippen LogP contribution in [0.1, 0.15) is 29.8 Å². The number of carboxylic acids is 1. The number of carbonyl (C=O) groups excluding carboxylic acids is 1. The lowest BCUT2D eigenvalue weighted by Gasteiger charge is -2.23. The Morgan fingerprint density at radius 2 is 1.92 bits per heavy atom. The molecule has 4 rings (SSSR count). The molecule has 3 unspecified atom stereocenters. The Kier molecular flexibility index (Phi) is 3.78. The van der Waals surface area contributed by atoms with Crippen molar-refractivity contribution in [3.63, 3.8) is 0 Å². The molecular weight excluding hydrogens is 325 g/mol. The maximum absolute atomic E-state index is 13.0. The molecule has 1 N–H and O–H groups in total. The Labute approximate surface area is 143 Å². The van der Waals surface area contributed by atoms with Crippen LogP contribution in [0.2, 0.25) is 0 Å². The van der Waals surface area contributed by atoms with Gasteiger partial charge in [0.25, 0.3) is 5.91 Å². The average Bonchev–Trinajstić information content (AvgIpc) is 3.29. The van der Waals surface area contributed by atoms with E-state index in [0.29, 0.717) is 12.2 Å². The average molecular weight is 343 g/mol. The zero-order valence-electron chi connectivity index (χ0n) is 13.5. The largest absolute Gasteiger partial charge is 0.480 e. The molecular formula is C18H18FN3O3. The van der Waals surface area contributed by atoms with Crippen molar-refractivity contribution in [3.8, 4) is 5.69 Å².